The van der Waals surface area contributed by atoms with Gasteiger partial charge in [-0.1, -0.05) is 104 Å². The van der Waals surface area contributed by atoms with Gasteiger partial charge >= 0.3 is 35.8 Å². The molecule has 0 N–H and O–H groups in total. The number of benzene rings is 5. The number of hydrogen-bond donors (Lipinski definition) is 0. The van der Waals surface area contributed by atoms with E-state index in [9.17, 15) is 56.8 Å². The highest BCUT2D eigenvalue weighted by atomic mass is 32.2. The van der Waals surface area contributed by atoms with Gasteiger partial charge in [-0.25, -0.2) is 0 Å². The van der Waals surface area contributed by atoms with Crippen LogP contribution in [0.15, 0.2) is 97.1 Å². The van der Waals surface area contributed by atoms with E-state index in [0.717, 1.165) is 0 Å². The van der Waals surface area contributed by atoms with Crippen LogP contribution in [0, 0.1) is 47.0 Å². The van der Waals surface area contributed by atoms with Gasteiger partial charge in [-0.05, 0) is 98.0 Å². The number of ether oxygens (including phenoxy) is 6. The highest BCUT2D eigenvalue weighted by Gasteiger charge is 2.38. The maximum Gasteiger partial charge on any atom is 0.306 e. The molecule has 0 fully saturated rings. The molecule has 0 aliphatic heterocycles. The predicted molar refractivity (Wildman–Crippen MR) is 350 cm³/mol. The van der Waals surface area contributed by atoms with E-state index in [4.69, 9.17) is 28.4 Å². The van der Waals surface area contributed by atoms with E-state index in [1.165, 1.54) is 35.3 Å². The SMILES string of the molecule is CCC(COC(=O)CCSCCC(=O)OCc1cc(C)c(C(=O)P=O)c(C)c1)(COC(=O)CCSCCC(=O)OCc1cc(C)c(C(=O)P=O)c(C)c1)COC(=O)CCSCCC(=O)OCc1cc(C)c(C(=O)P(=O)(c2ccccc2)c2ccccc2)c(C)c1. The van der Waals surface area contributed by atoms with Crippen LogP contribution in [0.4, 0.5) is 0 Å². The first-order chi connectivity index (χ1) is 43.0. The zero-order chi connectivity index (χ0) is 65.8. The minimum atomic E-state index is -3.75. The van der Waals surface area contributed by atoms with E-state index >= 15 is 0 Å². The topological polar surface area (TPSA) is 260 Å². The van der Waals surface area contributed by atoms with Crippen LogP contribution in [0.25, 0.3) is 0 Å². The molecule has 0 bridgehead atoms. The Morgan fingerprint density at radius 3 is 0.911 bits per heavy atom. The summed E-state index contributed by atoms with van der Waals surface area (Å²) in [5.74, 6) is -1.04. The molecule has 90 heavy (non-hydrogen) atoms. The van der Waals surface area contributed by atoms with Gasteiger partial charge in [0.2, 0.25) is 29.6 Å². The molecule has 0 atom stereocenters. The van der Waals surface area contributed by atoms with Crippen molar-refractivity contribution in [1.29, 1.82) is 0 Å². The lowest BCUT2D eigenvalue weighted by molar-refractivity contribution is -0.162. The summed E-state index contributed by atoms with van der Waals surface area (Å²) < 4.78 is 70.5. The van der Waals surface area contributed by atoms with Gasteiger partial charge in [0, 0.05) is 61.8 Å². The van der Waals surface area contributed by atoms with Crippen molar-refractivity contribution in [3.05, 3.63) is 164 Å². The monoisotopic (exact) mass is 1340 g/mol. The van der Waals surface area contributed by atoms with Gasteiger partial charge in [-0.3, -0.25) is 52.3 Å². The summed E-state index contributed by atoms with van der Waals surface area (Å²) in [6.45, 7) is 11.4. The van der Waals surface area contributed by atoms with Crippen LogP contribution in [0.5, 0.6) is 0 Å². The molecule has 0 heterocycles. The van der Waals surface area contributed by atoms with Crippen LogP contribution < -0.4 is 10.6 Å². The first-order valence-electron chi connectivity index (χ1n) is 29.0. The average Bonchev–Trinajstić information content (AvgIpc) is 0.811. The largest absolute Gasteiger partial charge is 0.465 e. The molecule has 0 unspecified atom stereocenters. The highest BCUT2D eigenvalue weighted by Crippen LogP contribution is 2.48. The van der Waals surface area contributed by atoms with Crippen molar-refractivity contribution in [2.45, 2.75) is 113 Å². The van der Waals surface area contributed by atoms with Gasteiger partial charge < -0.3 is 33.0 Å². The number of esters is 6. The van der Waals surface area contributed by atoms with Crippen molar-refractivity contribution in [2.24, 2.45) is 5.41 Å². The lowest BCUT2D eigenvalue weighted by Crippen LogP contribution is -2.39. The summed E-state index contributed by atoms with van der Waals surface area (Å²) in [6, 6.07) is 27.8. The molecule has 5 aromatic rings. The molecule has 0 saturated carbocycles. The fourth-order valence-electron chi connectivity index (χ4n) is 9.63. The summed E-state index contributed by atoms with van der Waals surface area (Å²) >= 11 is 4.04. The summed E-state index contributed by atoms with van der Waals surface area (Å²) in [5.41, 5.74) is 4.15. The lowest BCUT2D eigenvalue weighted by Gasteiger charge is -2.31. The zero-order valence-electron chi connectivity index (χ0n) is 51.6. The fraction of sp³-hybridized carbons (Fsp3) is 0.409. The minimum absolute atomic E-state index is 0.0103. The molecule has 5 rings (SSSR count). The molecule has 0 saturated heterocycles. The van der Waals surface area contributed by atoms with Crippen LogP contribution in [-0.2, 0) is 90.7 Å². The van der Waals surface area contributed by atoms with Gasteiger partial charge in [0.25, 0.3) is 11.0 Å². The second-order valence-corrected chi connectivity index (χ2v) is 28.9. The molecule has 24 heteroatoms. The van der Waals surface area contributed by atoms with Crippen molar-refractivity contribution in [3.63, 3.8) is 0 Å². The van der Waals surface area contributed by atoms with Crippen LogP contribution >= 0.6 is 59.3 Å². The van der Waals surface area contributed by atoms with Crippen LogP contribution in [-0.4, -0.2) is 107 Å². The Bertz CT molecular complexity index is 3220. The first-order valence-corrected chi connectivity index (χ1v) is 35.8. The standard InChI is InChI=1S/C66H75O18P3S3/c1-8-66(40-82-57(70)22-28-88-25-19-54(67)79-37-49-31-43(2)60(44(3)32-49)63(73)85-76,41-83-58(71)23-29-89-26-20-55(68)80-38-50-33-45(4)61(46(5)34-50)64(74)86-77)42-84-59(72)24-30-90-27-21-56(69)81-39-51-35-47(6)62(48(7)36-51)65(75)87(78,52-15-11-9-12-16-52)53-17-13-10-14-18-53/h9-18,31-36H,8,19-30,37-42H2,1-7H3. The van der Waals surface area contributed by atoms with Crippen LogP contribution in [0.1, 0.15) is 133 Å². The van der Waals surface area contributed by atoms with Crippen molar-refractivity contribution < 1.29 is 85.3 Å². The van der Waals surface area contributed by atoms with Crippen molar-refractivity contribution in [2.75, 3.05) is 54.3 Å². The smallest absolute Gasteiger partial charge is 0.306 e. The van der Waals surface area contributed by atoms with Crippen molar-refractivity contribution in [3.8, 4) is 0 Å². The Morgan fingerprint density at radius 2 is 0.656 bits per heavy atom. The second kappa shape index (κ2) is 37.7. The third-order valence-electron chi connectivity index (χ3n) is 14.4. The number of thioether (sulfide) groups is 3. The predicted octanol–water partition coefficient (Wildman–Crippen LogP) is 12.7. The minimum Gasteiger partial charge on any atom is -0.465 e. The molecule has 5 aromatic carbocycles. The Hall–Kier alpha value is -6.59. The maximum atomic E-state index is 14.8. The van der Waals surface area contributed by atoms with E-state index in [0.29, 0.717) is 112 Å². The van der Waals surface area contributed by atoms with E-state index in [2.05, 4.69) is 0 Å². The second-order valence-electron chi connectivity index (χ2n) is 21.3. The number of aryl methyl sites for hydroxylation is 6. The summed E-state index contributed by atoms with van der Waals surface area (Å²) in [5, 5.41) is 0.869. The molecule has 0 aromatic heterocycles. The Morgan fingerprint density at radius 1 is 0.400 bits per heavy atom. The fourth-order valence-corrected chi connectivity index (χ4v) is 15.6. The maximum absolute atomic E-state index is 14.8. The van der Waals surface area contributed by atoms with E-state index in [-0.39, 0.29) is 84.6 Å². The van der Waals surface area contributed by atoms with Gasteiger partial charge in [0.05, 0.1) is 43.9 Å². The molecule has 0 radical (unpaired) electrons. The van der Waals surface area contributed by atoms with E-state index in [1.54, 1.807) is 146 Å². The number of carbonyl (C=O) groups is 9. The van der Waals surface area contributed by atoms with Crippen LogP contribution in [0.2, 0.25) is 0 Å². The van der Waals surface area contributed by atoms with Crippen molar-refractivity contribution in [1.82, 2.24) is 0 Å². The van der Waals surface area contributed by atoms with Gasteiger partial charge in [0.15, 0.2) is 0 Å². The average molecular weight is 1350 g/mol. The molecular weight excluding hydrogens is 1270 g/mol. The number of hydrogen-bond acceptors (Lipinski definition) is 21. The lowest BCUT2D eigenvalue weighted by atomic mass is 9.88. The van der Waals surface area contributed by atoms with Gasteiger partial charge in [-0.2, -0.15) is 35.3 Å². The third kappa shape index (κ3) is 23.0. The molecule has 480 valence electrons. The summed E-state index contributed by atoms with van der Waals surface area (Å²) in [4.78, 5) is 115. The Labute approximate surface area is 541 Å². The number of rotatable bonds is 39. The Balaban J connectivity index is 1.06. The quantitative estimate of drug-likeness (QED) is 0.0153. The van der Waals surface area contributed by atoms with Crippen molar-refractivity contribution >= 4 is 122 Å². The first kappa shape index (κ1) is 74.1. The molecular formula is C66H75O18P3S3. The molecule has 0 spiro atoms. The third-order valence-corrected chi connectivity index (χ3v) is 21.0. The molecule has 0 aliphatic carbocycles. The normalized spacial score (nSPS) is 11.9. The van der Waals surface area contributed by atoms with Crippen LogP contribution in [0.3, 0.4) is 0 Å². The van der Waals surface area contributed by atoms with Gasteiger partial charge in [0.1, 0.15) is 39.6 Å². The molecule has 0 aliphatic rings. The highest BCUT2D eigenvalue weighted by molar-refractivity contribution is 7.99. The zero-order valence-corrected chi connectivity index (χ0v) is 56.7. The van der Waals surface area contributed by atoms with E-state index in [1.807, 2.05) is 0 Å². The summed E-state index contributed by atoms with van der Waals surface area (Å²) in [7, 11) is -4.96. The molecule has 0 amide bonds. The van der Waals surface area contributed by atoms with Gasteiger partial charge in [-0.15, -0.1) is 0 Å². The summed E-state index contributed by atoms with van der Waals surface area (Å²) in [6.07, 6.45) is 0.436. The molecule has 18 nitrogen and oxygen atoms in total. The number of carbonyl (C=O) groups excluding carboxylic acids is 9. The van der Waals surface area contributed by atoms with E-state index < -0.39 is 81.9 Å². The Kier molecular flexibility index (Phi) is 31.0.